The van der Waals surface area contributed by atoms with Crippen molar-refractivity contribution >= 4 is 23.2 Å². The first-order valence-corrected chi connectivity index (χ1v) is 9.74. The quantitative estimate of drug-likeness (QED) is 0.775. The van der Waals surface area contributed by atoms with Crippen LogP contribution < -0.4 is 10.1 Å². The molecule has 1 saturated carbocycles. The lowest BCUT2D eigenvalue weighted by molar-refractivity contribution is -0.139. The fraction of sp³-hybridized carbons (Fsp3) is 0.400. The molecule has 5 nitrogen and oxygen atoms in total. The largest absolute Gasteiger partial charge is 0.482 e. The molecule has 0 bridgehead atoms. The Hall–Kier alpha value is -2.34. The van der Waals surface area contributed by atoms with Gasteiger partial charge in [-0.25, -0.2) is 4.79 Å². The van der Waals surface area contributed by atoms with Crippen molar-refractivity contribution in [2.24, 2.45) is 0 Å². The minimum Gasteiger partial charge on any atom is -0.482 e. The van der Waals surface area contributed by atoms with Gasteiger partial charge in [-0.3, -0.25) is 4.79 Å². The van der Waals surface area contributed by atoms with Crippen molar-refractivity contribution in [1.29, 1.82) is 0 Å². The fourth-order valence-corrected chi connectivity index (χ4v) is 4.52. The Balaban J connectivity index is 1.67. The van der Waals surface area contributed by atoms with Crippen LogP contribution >= 0.6 is 11.3 Å². The third-order valence-electron chi connectivity index (χ3n) is 4.85. The molecule has 1 heterocycles. The summed E-state index contributed by atoms with van der Waals surface area (Å²) in [6.45, 7) is 0.0214. The van der Waals surface area contributed by atoms with Gasteiger partial charge in [-0.05, 0) is 42.0 Å². The molecule has 0 atom stereocenters. The summed E-state index contributed by atoms with van der Waals surface area (Å²) in [7, 11) is 0. The Morgan fingerprint density at radius 2 is 1.96 bits per heavy atom. The molecule has 0 unspecified atom stereocenters. The standard InChI is InChI=1S/C20H23NO4S/c22-18(23)14-25-16-7-4-6-15(12-16)13-21-19(24)20(9-2-1-3-10-20)17-8-5-11-26-17/h4-8,11-12H,1-3,9-10,13-14H2,(H,21,24)(H,22,23). The third-order valence-corrected chi connectivity index (χ3v) is 5.92. The Labute approximate surface area is 157 Å². The van der Waals surface area contributed by atoms with Crippen molar-refractivity contribution in [3.63, 3.8) is 0 Å². The van der Waals surface area contributed by atoms with Gasteiger partial charge < -0.3 is 15.2 Å². The topological polar surface area (TPSA) is 75.6 Å². The highest BCUT2D eigenvalue weighted by Crippen LogP contribution is 2.41. The molecule has 3 rings (SSSR count). The minimum absolute atomic E-state index is 0.0801. The van der Waals surface area contributed by atoms with Crippen molar-refractivity contribution in [2.45, 2.75) is 44.1 Å². The monoisotopic (exact) mass is 373 g/mol. The molecule has 1 aromatic heterocycles. The summed E-state index contributed by atoms with van der Waals surface area (Å²) >= 11 is 1.65. The zero-order valence-electron chi connectivity index (χ0n) is 14.6. The highest BCUT2D eigenvalue weighted by Gasteiger charge is 2.41. The Kier molecular flexibility index (Phi) is 5.93. The molecular formula is C20H23NO4S. The molecule has 26 heavy (non-hydrogen) atoms. The molecule has 1 aromatic carbocycles. The molecule has 1 aliphatic rings. The first kappa shape index (κ1) is 18.5. The normalized spacial score (nSPS) is 16.0. The molecular weight excluding hydrogens is 350 g/mol. The maximum Gasteiger partial charge on any atom is 0.341 e. The lowest BCUT2D eigenvalue weighted by atomic mass is 9.72. The van der Waals surface area contributed by atoms with Crippen molar-refractivity contribution in [1.82, 2.24) is 5.32 Å². The minimum atomic E-state index is -1.01. The van der Waals surface area contributed by atoms with E-state index in [9.17, 15) is 9.59 Å². The molecule has 1 amide bonds. The first-order chi connectivity index (χ1) is 12.6. The molecule has 1 aliphatic carbocycles. The summed E-state index contributed by atoms with van der Waals surface area (Å²) in [5, 5.41) is 13.8. The van der Waals surface area contributed by atoms with Crippen LogP contribution in [-0.2, 0) is 21.5 Å². The van der Waals surface area contributed by atoms with Crippen LogP contribution in [0.15, 0.2) is 41.8 Å². The third kappa shape index (κ3) is 4.25. The predicted octanol–water partition coefficient (Wildman–Crippen LogP) is 3.73. The molecule has 6 heteroatoms. The van der Waals surface area contributed by atoms with Gasteiger partial charge in [-0.15, -0.1) is 11.3 Å². The van der Waals surface area contributed by atoms with Crippen molar-refractivity contribution in [2.75, 3.05) is 6.61 Å². The van der Waals surface area contributed by atoms with E-state index in [1.54, 1.807) is 29.5 Å². The van der Waals surface area contributed by atoms with Crippen LogP contribution in [0, 0.1) is 0 Å². The first-order valence-electron chi connectivity index (χ1n) is 8.86. The summed E-state index contributed by atoms with van der Waals surface area (Å²) in [5.74, 6) is -0.444. The Morgan fingerprint density at radius 3 is 2.65 bits per heavy atom. The highest BCUT2D eigenvalue weighted by molar-refractivity contribution is 7.10. The van der Waals surface area contributed by atoms with Crippen LogP contribution in [0.25, 0.3) is 0 Å². The number of aliphatic carboxylic acids is 1. The predicted molar refractivity (Wildman–Crippen MR) is 101 cm³/mol. The van der Waals surface area contributed by atoms with E-state index in [0.29, 0.717) is 12.3 Å². The average Bonchev–Trinajstić information content (AvgIpc) is 3.20. The second-order valence-electron chi connectivity index (χ2n) is 6.63. The number of carbonyl (C=O) groups excluding carboxylic acids is 1. The number of thiophene rings is 1. The molecule has 138 valence electrons. The van der Waals surface area contributed by atoms with Gasteiger partial charge in [-0.2, -0.15) is 0 Å². The maximum absolute atomic E-state index is 13.1. The van der Waals surface area contributed by atoms with Gasteiger partial charge in [0.05, 0.1) is 5.41 Å². The molecule has 0 spiro atoms. The number of ether oxygens (including phenoxy) is 1. The number of carboxylic acids is 1. The number of carbonyl (C=O) groups is 2. The van der Waals surface area contributed by atoms with Crippen LogP contribution in [0.2, 0.25) is 0 Å². The smallest absolute Gasteiger partial charge is 0.341 e. The number of nitrogens with one attached hydrogen (secondary N) is 1. The Morgan fingerprint density at radius 1 is 1.15 bits per heavy atom. The fourth-order valence-electron chi connectivity index (χ4n) is 3.53. The summed E-state index contributed by atoms with van der Waals surface area (Å²) in [4.78, 5) is 24.8. The number of amides is 1. The number of hydrogen-bond acceptors (Lipinski definition) is 4. The summed E-state index contributed by atoms with van der Waals surface area (Å²) < 4.78 is 5.20. The van der Waals surface area contributed by atoms with E-state index in [0.717, 1.165) is 36.1 Å². The van der Waals surface area contributed by atoms with Crippen LogP contribution in [0.1, 0.15) is 42.5 Å². The van der Waals surface area contributed by atoms with E-state index in [-0.39, 0.29) is 12.5 Å². The van der Waals surface area contributed by atoms with Gasteiger partial charge >= 0.3 is 5.97 Å². The van der Waals surface area contributed by atoms with E-state index in [2.05, 4.69) is 11.4 Å². The van der Waals surface area contributed by atoms with E-state index in [4.69, 9.17) is 9.84 Å². The molecule has 0 radical (unpaired) electrons. The number of rotatable bonds is 7. The summed E-state index contributed by atoms with van der Waals surface area (Å²) in [6, 6.07) is 11.2. The number of hydrogen-bond donors (Lipinski definition) is 2. The van der Waals surface area contributed by atoms with E-state index in [1.807, 2.05) is 17.5 Å². The average molecular weight is 373 g/mol. The molecule has 2 aromatic rings. The summed E-state index contributed by atoms with van der Waals surface area (Å²) in [5.41, 5.74) is 0.475. The Bertz CT molecular complexity index is 751. The van der Waals surface area contributed by atoms with E-state index in [1.165, 1.54) is 6.42 Å². The zero-order chi connectivity index (χ0) is 18.4. The van der Waals surface area contributed by atoms with Crippen LogP contribution in [-0.4, -0.2) is 23.6 Å². The van der Waals surface area contributed by atoms with Gasteiger partial charge in [0.25, 0.3) is 0 Å². The summed E-state index contributed by atoms with van der Waals surface area (Å²) in [6.07, 6.45) is 5.11. The van der Waals surface area contributed by atoms with Gasteiger partial charge in [0.1, 0.15) is 5.75 Å². The van der Waals surface area contributed by atoms with Gasteiger partial charge in [0, 0.05) is 11.4 Å². The van der Waals surface area contributed by atoms with Gasteiger partial charge in [0.15, 0.2) is 6.61 Å². The van der Waals surface area contributed by atoms with Crippen LogP contribution in [0.4, 0.5) is 0 Å². The van der Waals surface area contributed by atoms with Gasteiger partial charge in [0.2, 0.25) is 5.91 Å². The molecule has 0 aliphatic heterocycles. The second kappa shape index (κ2) is 8.36. The zero-order valence-corrected chi connectivity index (χ0v) is 15.4. The lowest BCUT2D eigenvalue weighted by Crippen LogP contribution is -2.45. The van der Waals surface area contributed by atoms with E-state index >= 15 is 0 Å². The van der Waals surface area contributed by atoms with Crippen molar-refractivity contribution in [3.05, 3.63) is 52.2 Å². The van der Waals surface area contributed by atoms with Crippen LogP contribution in [0.5, 0.6) is 5.75 Å². The maximum atomic E-state index is 13.1. The highest BCUT2D eigenvalue weighted by atomic mass is 32.1. The van der Waals surface area contributed by atoms with Gasteiger partial charge in [-0.1, -0.05) is 37.5 Å². The van der Waals surface area contributed by atoms with E-state index < -0.39 is 11.4 Å². The number of carboxylic acid groups (broad SMARTS) is 1. The second-order valence-corrected chi connectivity index (χ2v) is 7.58. The SMILES string of the molecule is O=C(O)COc1cccc(CNC(=O)C2(c3cccs3)CCCCC2)c1. The van der Waals surface area contributed by atoms with Crippen molar-refractivity contribution in [3.8, 4) is 5.75 Å². The molecule has 1 fully saturated rings. The lowest BCUT2D eigenvalue weighted by Gasteiger charge is -2.35. The molecule has 0 saturated heterocycles. The molecule has 2 N–H and O–H groups in total. The number of benzene rings is 1. The van der Waals surface area contributed by atoms with Crippen molar-refractivity contribution < 1.29 is 19.4 Å². The van der Waals surface area contributed by atoms with Crippen LogP contribution in [0.3, 0.4) is 0 Å².